The topological polar surface area (TPSA) is 84.3 Å². The molecule has 0 bridgehead atoms. The van der Waals surface area contributed by atoms with Crippen LogP contribution in [0.4, 0.5) is 11.4 Å². The predicted octanol–water partition coefficient (Wildman–Crippen LogP) is 2.49. The van der Waals surface area contributed by atoms with Crippen molar-refractivity contribution >= 4 is 28.9 Å². The molecule has 0 radical (unpaired) electrons. The average molecular weight is 286 g/mol. The van der Waals surface area contributed by atoms with Gasteiger partial charge < -0.3 is 10.6 Å². The van der Waals surface area contributed by atoms with E-state index in [0.29, 0.717) is 23.8 Å². The first-order valence-electron chi connectivity index (χ1n) is 5.84. The van der Waals surface area contributed by atoms with Gasteiger partial charge in [-0.2, -0.15) is 0 Å². The van der Waals surface area contributed by atoms with Crippen LogP contribution >= 0.6 is 11.6 Å². The van der Waals surface area contributed by atoms with Gasteiger partial charge in [-0.25, -0.2) is 0 Å². The van der Waals surface area contributed by atoms with Crippen LogP contribution < -0.4 is 10.6 Å². The number of non-ortho nitro benzene ring substituents is 1. The number of nitrogens with zero attached hydrogens (tertiary/aromatic N) is 1. The molecule has 0 fully saturated rings. The summed E-state index contributed by atoms with van der Waals surface area (Å²) in [6.45, 7) is 4.42. The van der Waals surface area contributed by atoms with E-state index in [-0.39, 0.29) is 11.6 Å². The number of anilines is 1. The molecule has 7 heteroatoms. The van der Waals surface area contributed by atoms with E-state index in [9.17, 15) is 14.9 Å². The third-order valence-electron chi connectivity index (χ3n) is 2.51. The second-order valence-electron chi connectivity index (χ2n) is 4.14. The highest BCUT2D eigenvalue weighted by Crippen LogP contribution is 2.30. The zero-order chi connectivity index (χ0) is 14.4. The van der Waals surface area contributed by atoms with Gasteiger partial charge in [0.15, 0.2) is 0 Å². The molecule has 104 valence electrons. The minimum absolute atomic E-state index is 0.0219. The second-order valence-corrected chi connectivity index (χ2v) is 4.55. The predicted molar refractivity (Wildman–Crippen MR) is 74.6 cm³/mol. The Balaban J connectivity index is 2.59. The number of rotatable bonds is 6. The number of hydrogen-bond acceptors (Lipinski definition) is 4. The fraction of sp³-hybridized carbons (Fsp3) is 0.417. The van der Waals surface area contributed by atoms with Crippen LogP contribution in [0.1, 0.15) is 18.9 Å². The summed E-state index contributed by atoms with van der Waals surface area (Å²) >= 11 is 6.01. The SMILES string of the molecule is CC(=O)NCCCNc1c(C)cc([N+](=O)[O-])cc1Cl. The van der Waals surface area contributed by atoms with Crippen LogP contribution in [0.5, 0.6) is 0 Å². The van der Waals surface area contributed by atoms with Gasteiger partial charge in [-0.1, -0.05) is 11.6 Å². The van der Waals surface area contributed by atoms with Gasteiger partial charge in [0.2, 0.25) is 5.91 Å². The van der Waals surface area contributed by atoms with E-state index in [0.717, 1.165) is 12.0 Å². The Bertz CT molecular complexity index is 468. The molecule has 1 aromatic carbocycles. The average Bonchev–Trinajstić information content (AvgIpc) is 2.30. The number of hydrogen-bond donors (Lipinski definition) is 2. The van der Waals surface area contributed by atoms with Crippen molar-refractivity contribution in [2.75, 3.05) is 18.4 Å². The normalized spacial score (nSPS) is 10.1. The number of carbonyl (C=O) groups is 1. The van der Waals surface area contributed by atoms with Crippen molar-refractivity contribution in [1.82, 2.24) is 5.32 Å². The molecule has 6 nitrogen and oxygen atoms in total. The standard InChI is InChI=1S/C12H16ClN3O3/c1-8-6-10(16(18)19)7-11(13)12(8)15-5-3-4-14-9(2)17/h6-7,15H,3-5H2,1-2H3,(H,14,17). The van der Waals surface area contributed by atoms with Crippen LogP contribution in [0.25, 0.3) is 0 Å². The molecule has 0 aliphatic heterocycles. The Kier molecular flexibility index (Phi) is 5.57. The molecule has 0 heterocycles. The van der Waals surface area contributed by atoms with E-state index in [1.54, 1.807) is 6.92 Å². The molecule has 0 unspecified atom stereocenters. The van der Waals surface area contributed by atoms with Crippen molar-refractivity contribution in [2.45, 2.75) is 20.3 Å². The van der Waals surface area contributed by atoms with Gasteiger partial charge >= 0.3 is 0 Å². The Hall–Kier alpha value is -1.82. The highest BCUT2D eigenvalue weighted by Gasteiger charge is 2.12. The van der Waals surface area contributed by atoms with Gasteiger partial charge in [0.1, 0.15) is 0 Å². The lowest BCUT2D eigenvalue weighted by molar-refractivity contribution is -0.384. The van der Waals surface area contributed by atoms with Crippen molar-refractivity contribution in [2.24, 2.45) is 0 Å². The zero-order valence-electron chi connectivity index (χ0n) is 10.8. The number of benzene rings is 1. The molecule has 19 heavy (non-hydrogen) atoms. The lowest BCUT2D eigenvalue weighted by Crippen LogP contribution is -2.22. The van der Waals surface area contributed by atoms with Crippen LogP contribution in [0.3, 0.4) is 0 Å². The molecule has 0 saturated heterocycles. The molecule has 1 rings (SSSR count). The molecule has 0 aliphatic carbocycles. The zero-order valence-corrected chi connectivity index (χ0v) is 11.6. The second kappa shape index (κ2) is 6.94. The maximum absolute atomic E-state index is 10.7. The molecule has 0 aromatic heterocycles. The van der Waals surface area contributed by atoms with E-state index >= 15 is 0 Å². The van der Waals surface area contributed by atoms with Crippen molar-refractivity contribution in [1.29, 1.82) is 0 Å². The summed E-state index contributed by atoms with van der Waals surface area (Å²) in [5, 5.41) is 16.8. The van der Waals surface area contributed by atoms with Crippen molar-refractivity contribution < 1.29 is 9.72 Å². The monoisotopic (exact) mass is 285 g/mol. The summed E-state index contributed by atoms with van der Waals surface area (Å²) in [7, 11) is 0. The highest BCUT2D eigenvalue weighted by atomic mass is 35.5. The van der Waals surface area contributed by atoms with Crippen molar-refractivity contribution in [3.8, 4) is 0 Å². The molecule has 2 N–H and O–H groups in total. The molecule has 0 spiro atoms. The van der Waals surface area contributed by atoms with Gasteiger partial charge in [-0.15, -0.1) is 0 Å². The van der Waals surface area contributed by atoms with Crippen LogP contribution in [-0.2, 0) is 4.79 Å². The summed E-state index contributed by atoms with van der Waals surface area (Å²) < 4.78 is 0. The number of halogens is 1. The Morgan fingerprint density at radius 2 is 2.11 bits per heavy atom. The van der Waals surface area contributed by atoms with Crippen LogP contribution in [0, 0.1) is 17.0 Å². The maximum Gasteiger partial charge on any atom is 0.271 e. The van der Waals surface area contributed by atoms with Gasteiger partial charge in [0.05, 0.1) is 15.6 Å². The van der Waals surface area contributed by atoms with E-state index in [1.807, 2.05) is 0 Å². The number of nitro groups is 1. The fourth-order valence-electron chi connectivity index (χ4n) is 1.62. The third kappa shape index (κ3) is 4.75. The van der Waals surface area contributed by atoms with E-state index in [2.05, 4.69) is 10.6 Å². The number of aryl methyl sites for hydroxylation is 1. The summed E-state index contributed by atoms with van der Waals surface area (Å²) in [4.78, 5) is 20.9. The Morgan fingerprint density at radius 1 is 1.42 bits per heavy atom. The number of nitrogens with one attached hydrogen (secondary N) is 2. The maximum atomic E-state index is 10.7. The van der Waals surface area contributed by atoms with Crippen LogP contribution in [0.15, 0.2) is 12.1 Å². The van der Waals surface area contributed by atoms with E-state index in [1.165, 1.54) is 19.1 Å². The van der Waals surface area contributed by atoms with Gasteiger partial charge in [-0.05, 0) is 18.9 Å². The van der Waals surface area contributed by atoms with Gasteiger partial charge in [0, 0.05) is 32.1 Å². The Morgan fingerprint density at radius 3 is 2.63 bits per heavy atom. The summed E-state index contributed by atoms with van der Waals surface area (Å²) in [5.74, 6) is -0.0652. The third-order valence-corrected chi connectivity index (χ3v) is 2.81. The van der Waals surface area contributed by atoms with Crippen LogP contribution in [-0.4, -0.2) is 23.9 Å². The first kappa shape index (κ1) is 15.2. The van der Waals surface area contributed by atoms with Gasteiger partial charge in [0.25, 0.3) is 5.69 Å². The smallest absolute Gasteiger partial charge is 0.271 e. The highest BCUT2D eigenvalue weighted by molar-refractivity contribution is 6.33. The molecule has 0 atom stereocenters. The van der Waals surface area contributed by atoms with Crippen molar-refractivity contribution in [3.05, 3.63) is 32.8 Å². The Labute approximate surface area is 116 Å². The van der Waals surface area contributed by atoms with Crippen LogP contribution in [0.2, 0.25) is 5.02 Å². The number of amides is 1. The largest absolute Gasteiger partial charge is 0.384 e. The van der Waals surface area contributed by atoms with Gasteiger partial charge in [-0.3, -0.25) is 14.9 Å². The molecule has 1 amide bonds. The number of nitro benzene ring substituents is 1. The number of carbonyl (C=O) groups excluding carboxylic acids is 1. The molecular formula is C12H16ClN3O3. The molecule has 0 saturated carbocycles. The van der Waals surface area contributed by atoms with E-state index in [4.69, 9.17) is 11.6 Å². The first-order chi connectivity index (χ1) is 8.91. The minimum Gasteiger partial charge on any atom is -0.384 e. The summed E-state index contributed by atoms with van der Waals surface area (Å²) in [6.07, 6.45) is 0.742. The lowest BCUT2D eigenvalue weighted by atomic mass is 10.1. The van der Waals surface area contributed by atoms with Crippen molar-refractivity contribution in [3.63, 3.8) is 0 Å². The molecular weight excluding hydrogens is 270 g/mol. The quantitative estimate of drug-likeness (QED) is 0.478. The first-order valence-corrected chi connectivity index (χ1v) is 6.22. The molecule has 1 aromatic rings. The molecule has 0 aliphatic rings. The summed E-state index contributed by atoms with van der Waals surface area (Å²) in [6, 6.07) is 2.80. The summed E-state index contributed by atoms with van der Waals surface area (Å²) in [5.41, 5.74) is 1.39. The fourth-order valence-corrected chi connectivity index (χ4v) is 1.95. The lowest BCUT2D eigenvalue weighted by Gasteiger charge is -2.11. The van der Waals surface area contributed by atoms with E-state index < -0.39 is 4.92 Å². The minimum atomic E-state index is -0.473.